The molecule has 0 aliphatic carbocycles. The predicted molar refractivity (Wildman–Crippen MR) is 123 cm³/mol. The minimum atomic E-state index is -0.566. The third kappa shape index (κ3) is 5.41. The van der Waals surface area contributed by atoms with Crippen molar-refractivity contribution < 1.29 is 23.5 Å². The molecule has 8 nitrogen and oxygen atoms in total. The summed E-state index contributed by atoms with van der Waals surface area (Å²) in [4.78, 5) is 41.8. The number of hydrogen-bond donors (Lipinski definition) is 1. The van der Waals surface area contributed by atoms with Crippen LogP contribution >= 0.6 is 0 Å². The molecule has 33 heavy (non-hydrogen) atoms. The topological polar surface area (TPSA) is 92.1 Å². The van der Waals surface area contributed by atoms with Gasteiger partial charge in [-0.05, 0) is 36.4 Å². The van der Waals surface area contributed by atoms with Gasteiger partial charge in [-0.15, -0.1) is 0 Å². The van der Waals surface area contributed by atoms with E-state index in [9.17, 15) is 14.4 Å². The van der Waals surface area contributed by atoms with Crippen molar-refractivity contribution in [3.63, 3.8) is 0 Å². The fourth-order valence-corrected chi connectivity index (χ4v) is 3.86. The average Bonchev–Trinajstić information content (AvgIpc) is 3.48. The maximum atomic E-state index is 13.4. The smallest absolute Gasteiger partial charge is 0.244 e. The van der Waals surface area contributed by atoms with Gasteiger partial charge in [0.25, 0.3) is 0 Å². The number of rotatable bonds is 8. The third-order valence-corrected chi connectivity index (χ3v) is 5.47. The maximum absolute atomic E-state index is 13.4. The Morgan fingerprint density at radius 3 is 2.67 bits per heavy atom. The van der Waals surface area contributed by atoms with Crippen LogP contribution in [0.5, 0.6) is 5.75 Å². The molecule has 8 heteroatoms. The summed E-state index contributed by atoms with van der Waals surface area (Å²) in [6, 6.07) is 19.7. The number of para-hydroxylation sites is 1. The number of hydrogen-bond acceptors (Lipinski definition) is 5. The highest BCUT2D eigenvalue weighted by atomic mass is 16.5. The van der Waals surface area contributed by atoms with Crippen molar-refractivity contribution in [3.8, 4) is 5.75 Å². The van der Waals surface area contributed by atoms with E-state index in [4.69, 9.17) is 9.15 Å². The Hall–Kier alpha value is -4.07. The Kier molecular flexibility index (Phi) is 6.73. The van der Waals surface area contributed by atoms with Gasteiger partial charge in [-0.25, -0.2) is 0 Å². The first kappa shape index (κ1) is 22.1. The van der Waals surface area contributed by atoms with Crippen LogP contribution in [0.2, 0.25) is 0 Å². The number of anilines is 2. The van der Waals surface area contributed by atoms with Gasteiger partial charge < -0.3 is 24.3 Å². The van der Waals surface area contributed by atoms with Crippen LogP contribution in [0.3, 0.4) is 0 Å². The highest BCUT2D eigenvalue weighted by molar-refractivity contribution is 6.01. The van der Waals surface area contributed by atoms with E-state index >= 15 is 0 Å². The predicted octanol–water partition coefficient (Wildman–Crippen LogP) is 3.31. The first-order chi connectivity index (χ1) is 16.0. The summed E-state index contributed by atoms with van der Waals surface area (Å²) in [5.74, 6) is -0.114. The summed E-state index contributed by atoms with van der Waals surface area (Å²) < 4.78 is 10.6. The molecule has 1 aliphatic rings. The van der Waals surface area contributed by atoms with E-state index in [1.807, 2.05) is 18.2 Å². The fraction of sp³-hybridized carbons (Fsp3) is 0.240. The zero-order valence-corrected chi connectivity index (χ0v) is 18.3. The molecule has 1 fully saturated rings. The number of amides is 3. The van der Waals surface area contributed by atoms with E-state index in [0.717, 1.165) is 0 Å². The zero-order valence-electron chi connectivity index (χ0n) is 18.3. The van der Waals surface area contributed by atoms with E-state index in [-0.39, 0.29) is 43.8 Å². The van der Waals surface area contributed by atoms with Crippen molar-refractivity contribution in [2.45, 2.75) is 13.0 Å². The van der Waals surface area contributed by atoms with Gasteiger partial charge in [0.2, 0.25) is 17.7 Å². The van der Waals surface area contributed by atoms with E-state index in [1.54, 1.807) is 60.5 Å². The lowest BCUT2D eigenvalue weighted by molar-refractivity contribution is -0.139. The van der Waals surface area contributed by atoms with Crippen molar-refractivity contribution in [1.82, 2.24) is 4.90 Å². The molecule has 2 heterocycles. The Morgan fingerprint density at radius 2 is 1.94 bits per heavy atom. The zero-order chi connectivity index (χ0) is 23.2. The minimum absolute atomic E-state index is 0.0744. The van der Waals surface area contributed by atoms with Crippen LogP contribution < -0.4 is 15.0 Å². The van der Waals surface area contributed by atoms with E-state index in [1.165, 1.54) is 11.2 Å². The molecule has 170 valence electrons. The summed E-state index contributed by atoms with van der Waals surface area (Å²) in [5, 5.41) is 2.80. The van der Waals surface area contributed by atoms with Crippen molar-refractivity contribution in [2.75, 3.05) is 30.4 Å². The Morgan fingerprint density at radius 1 is 1.12 bits per heavy atom. The van der Waals surface area contributed by atoms with Gasteiger partial charge in [-0.3, -0.25) is 14.4 Å². The molecule has 0 radical (unpaired) electrons. The average molecular weight is 447 g/mol. The van der Waals surface area contributed by atoms with E-state index < -0.39 is 5.92 Å². The molecule has 0 saturated carbocycles. The Balaban J connectivity index is 1.48. The summed E-state index contributed by atoms with van der Waals surface area (Å²) in [7, 11) is 1.56. The number of carbonyl (C=O) groups excluding carboxylic acids is 3. The molecule has 3 amide bonds. The molecule has 0 spiro atoms. The molecule has 1 aliphatic heterocycles. The SMILES string of the molecule is COc1cccc(N2CC(C(=O)N(CC(=O)Nc3ccccc3)Cc3ccco3)CC2=O)c1. The largest absolute Gasteiger partial charge is 0.497 e. The molecule has 1 aromatic heterocycles. The highest BCUT2D eigenvalue weighted by Crippen LogP contribution is 2.29. The number of methoxy groups -OCH3 is 1. The number of benzene rings is 2. The van der Waals surface area contributed by atoms with Crippen molar-refractivity contribution in [3.05, 3.63) is 78.8 Å². The van der Waals surface area contributed by atoms with Crippen LogP contribution in [0.1, 0.15) is 12.2 Å². The molecule has 1 saturated heterocycles. The molecule has 1 N–H and O–H groups in total. The summed E-state index contributed by atoms with van der Waals surface area (Å²) in [6.07, 6.45) is 1.59. The van der Waals surface area contributed by atoms with Crippen LogP contribution in [0.25, 0.3) is 0 Å². The second-order valence-corrected chi connectivity index (χ2v) is 7.79. The van der Waals surface area contributed by atoms with Crippen LogP contribution in [0, 0.1) is 5.92 Å². The second kappa shape index (κ2) is 10.0. The van der Waals surface area contributed by atoms with Gasteiger partial charge in [0.05, 0.1) is 25.8 Å². The van der Waals surface area contributed by atoms with Crippen LogP contribution in [0.4, 0.5) is 11.4 Å². The number of nitrogens with one attached hydrogen (secondary N) is 1. The summed E-state index contributed by atoms with van der Waals surface area (Å²) >= 11 is 0. The van der Waals surface area contributed by atoms with Crippen molar-refractivity contribution in [2.24, 2.45) is 5.92 Å². The fourth-order valence-electron chi connectivity index (χ4n) is 3.86. The molecular formula is C25H25N3O5. The first-order valence-corrected chi connectivity index (χ1v) is 10.6. The van der Waals surface area contributed by atoms with Crippen molar-refractivity contribution >= 4 is 29.1 Å². The first-order valence-electron chi connectivity index (χ1n) is 10.6. The van der Waals surface area contributed by atoms with Gasteiger partial charge in [-0.1, -0.05) is 24.3 Å². The van der Waals surface area contributed by atoms with Gasteiger partial charge in [0, 0.05) is 30.4 Å². The number of nitrogens with zero attached hydrogens (tertiary/aromatic N) is 2. The lowest BCUT2D eigenvalue weighted by Crippen LogP contribution is -2.41. The van der Waals surface area contributed by atoms with E-state index in [2.05, 4.69) is 5.32 Å². The van der Waals surface area contributed by atoms with Crippen LogP contribution in [0.15, 0.2) is 77.4 Å². The summed E-state index contributed by atoms with van der Waals surface area (Å²) in [6.45, 7) is 0.218. The molecule has 0 bridgehead atoms. The molecule has 3 aromatic rings. The summed E-state index contributed by atoms with van der Waals surface area (Å²) in [5.41, 5.74) is 1.32. The monoisotopic (exact) mass is 447 g/mol. The van der Waals surface area contributed by atoms with Gasteiger partial charge in [0.15, 0.2) is 0 Å². The minimum Gasteiger partial charge on any atom is -0.497 e. The quantitative estimate of drug-likeness (QED) is 0.572. The lowest BCUT2D eigenvalue weighted by atomic mass is 10.1. The Bertz CT molecular complexity index is 1110. The Labute approximate surface area is 191 Å². The molecule has 1 unspecified atom stereocenters. The van der Waals surface area contributed by atoms with Crippen molar-refractivity contribution in [1.29, 1.82) is 0 Å². The molecular weight excluding hydrogens is 422 g/mol. The normalized spacial score (nSPS) is 15.4. The van der Waals surface area contributed by atoms with Gasteiger partial charge >= 0.3 is 0 Å². The number of ether oxygens (including phenoxy) is 1. The molecule has 2 aromatic carbocycles. The number of furan rings is 1. The second-order valence-electron chi connectivity index (χ2n) is 7.79. The van der Waals surface area contributed by atoms with E-state index in [0.29, 0.717) is 22.9 Å². The molecule has 1 atom stereocenters. The molecule has 4 rings (SSSR count). The van der Waals surface area contributed by atoms with Crippen LogP contribution in [-0.4, -0.2) is 42.8 Å². The maximum Gasteiger partial charge on any atom is 0.244 e. The highest BCUT2D eigenvalue weighted by Gasteiger charge is 2.38. The van der Waals surface area contributed by atoms with Gasteiger partial charge in [0.1, 0.15) is 18.1 Å². The standard InChI is InChI=1S/C25H25N3O5/c1-32-21-10-5-9-20(14-21)28-15-18(13-24(28)30)25(31)27(16-22-11-6-12-33-22)17-23(29)26-19-7-3-2-4-8-19/h2-12,14,18H,13,15-17H2,1H3,(H,26,29). The number of carbonyl (C=O) groups is 3. The van der Waals surface area contributed by atoms with Crippen LogP contribution in [-0.2, 0) is 20.9 Å². The third-order valence-electron chi connectivity index (χ3n) is 5.47. The van der Waals surface area contributed by atoms with Gasteiger partial charge in [-0.2, -0.15) is 0 Å². The lowest BCUT2D eigenvalue weighted by Gasteiger charge is -2.24.